The van der Waals surface area contributed by atoms with E-state index in [-0.39, 0.29) is 17.9 Å². The first-order chi connectivity index (χ1) is 8.73. The molecule has 0 aliphatic rings. The van der Waals surface area contributed by atoms with E-state index in [0.29, 0.717) is 19.7 Å². The van der Waals surface area contributed by atoms with Crippen molar-refractivity contribution in [3.05, 3.63) is 26.9 Å². The summed E-state index contributed by atoms with van der Waals surface area (Å²) in [5.74, 6) is -0.351. The summed E-state index contributed by atoms with van der Waals surface area (Å²) in [5.41, 5.74) is 0.361. The molecule has 0 spiro atoms. The van der Waals surface area contributed by atoms with E-state index in [9.17, 15) is 4.39 Å². The molecule has 0 unspecified atom stereocenters. The first-order valence-electron chi connectivity index (χ1n) is 5.98. The molecule has 0 aromatic heterocycles. The van der Waals surface area contributed by atoms with Crippen LogP contribution < -0.4 is 5.32 Å². The van der Waals surface area contributed by atoms with Gasteiger partial charge in [0.1, 0.15) is 5.82 Å². The molecular formula is C13H17Br2FN2S. The predicted octanol–water partition coefficient (Wildman–Crippen LogP) is 5.17. The van der Waals surface area contributed by atoms with Crippen molar-refractivity contribution in [2.45, 2.75) is 39.8 Å². The van der Waals surface area contributed by atoms with Gasteiger partial charge in [-0.25, -0.2) is 4.39 Å². The first kappa shape index (κ1) is 16.9. The summed E-state index contributed by atoms with van der Waals surface area (Å²) in [6.07, 6.45) is 0. The highest BCUT2D eigenvalue weighted by Crippen LogP contribution is 2.30. The van der Waals surface area contributed by atoms with Gasteiger partial charge in [-0.2, -0.15) is 0 Å². The van der Waals surface area contributed by atoms with Crippen molar-refractivity contribution in [2.75, 3.05) is 5.32 Å². The summed E-state index contributed by atoms with van der Waals surface area (Å²) in [7, 11) is 0. The molecule has 6 heteroatoms. The SMILES string of the molecule is CC(C)N(C(=S)Nc1c(F)cc(Br)cc1Br)C(C)C. The number of halogens is 3. The van der Waals surface area contributed by atoms with Crippen molar-refractivity contribution in [1.29, 1.82) is 0 Å². The lowest BCUT2D eigenvalue weighted by atomic mass is 10.2. The van der Waals surface area contributed by atoms with E-state index in [2.05, 4.69) is 64.9 Å². The van der Waals surface area contributed by atoms with E-state index < -0.39 is 0 Å². The number of hydrogen-bond donors (Lipinski definition) is 1. The Hall–Kier alpha value is -0.200. The molecule has 0 saturated heterocycles. The van der Waals surface area contributed by atoms with Crippen LogP contribution in [0.5, 0.6) is 0 Å². The van der Waals surface area contributed by atoms with E-state index in [1.807, 2.05) is 4.90 Å². The Kier molecular flexibility index (Phi) is 6.20. The lowest BCUT2D eigenvalue weighted by Crippen LogP contribution is -2.44. The molecular weight excluding hydrogens is 395 g/mol. The normalized spacial score (nSPS) is 11.0. The average Bonchev–Trinajstić information content (AvgIpc) is 2.22. The zero-order valence-corrected chi connectivity index (χ0v) is 15.3. The third-order valence-corrected chi connectivity index (χ3v) is 3.98. The standard InChI is InChI=1S/C13H17Br2FN2S/c1-7(2)18(8(3)4)13(19)17-12-10(15)5-9(14)6-11(12)16/h5-8H,1-4H3,(H,17,19). The van der Waals surface area contributed by atoms with Crippen LogP contribution in [-0.2, 0) is 0 Å². The van der Waals surface area contributed by atoms with Crippen LogP contribution in [0.4, 0.5) is 10.1 Å². The molecule has 1 N–H and O–H groups in total. The van der Waals surface area contributed by atoms with Gasteiger partial charge >= 0.3 is 0 Å². The van der Waals surface area contributed by atoms with Crippen LogP contribution in [0.15, 0.2) is 21.1 Å². The third-order valence-electron chi connectivity index (χ3n) is 2.59. The second-order valence-electron chi connectivity index (χ2n) is 4.77. The second kappa shape index (κ2) is 6.99. The van der Waals surface area contributed by atoms with E-state index in [1.165, 1.54) is 6.07 Å². The summed E-state index contributed by atoms with van der Waals surface area (Å²) >= 11 is 12.0. The monoisotopic (exact) mass is 410 g/mol. The van der Waals surface area contributed by atoms with Crippen molar-refractivity contribution < 1.29 is 4.39 Å². The third kappa shape index (κ3) is 4.39. The van der Waals surface area contributed by atoms with Gasteiger partial charge < -0.3 is 10.2 Å². The second-order valence-corrected chi connectivity index (χ2v) is 6.93. The van der Waals surface area contributed by atoms with Gasteiger partial charge in [-0.3, -0.25) is 0 Å². The predicted molar refractivity (Wildman–Crippen MR) is 90.1 cm³/mol. The van der Waals surface area contributed by atoms with Crippen molar-refractivity contribution in [3.63, 3.8) is 0 Å². The van der Waals surface area contributed by atoms with E-state index >= 15 is 0 Å². The quantitative estimate of drug-likeness (QED) is 0.691. The van der Waals surface area contributed by atoms with Gasteiger partial charge in [0, 0.05) is 21.0 Å². The molecule has 0 saturated carbocycles. The number of benzene rings is 1. The van der Waals surface area contributed by atoms with Gasteiger partial charge in [0.2, 0.25) is 0 Å². The van der Waals surface area contributed by atoms with Crippen LogP contribution in [0.1, 0.15) is 27.7 Å². The highest BCUT2D eigenvalue weighted by atomic mass is 79.9. The van der Waals surface area contributed by atoms with E-state index in [0.717, 1.165) is 0 Å². The maximum Gasteiger partial charge on any atom is 0.173 e. The molecule has 0 aliphatic carbocycles. The van der Waals surface area contributed by atoms with Gasteiger partial charge in [0.05, 0.1) is 5.69 Å². The van der Waals surface area contributed by atoms with Crippen LogP contribution >= 0.6 is 44.1 Å². The van der Waals surface area contributed by atoms with E-state index in [1.54, 1.807) is 6.07 Å². The summed E-state index contributed by atoms with van der Waals surface area (Å²) in [4.78, 5) is 2.03. The van der Waals surface area contributed by atoms with Crippen molar-refractivity contribution >= 4 is 54.9 Å². The largest absolute Gasteiger partial charge is 0.344 e. The Bertz CT molecular complexity index is 447. The molecule has 0 bridgehead atoms. The van der Waals surface area contributed by atoms with Gasteiger partial charge in [-0.1, -0.05) is 15.9 Å². The fraction of sp³-hybridized carbons (Fsp3) is 0.462. The van der Waals surface area contributed by atoms with Crippen LogP contribution in [0.3, 0.4) is 0 Å². The highest BCUT2D eigenvalue weighted by Gasteiger charge is 2.19. The van der Waals surface area contributed by atoms with Gasteiger partial charge in [0.25, 0.3) is 0 Å². The minimum absolute atomic E-state index is 0.247. The topological polar surface area (TPSA) is 15.3 Å². The van der Waals surface area contributed by atoms with Gasteiger partial charge in [0.15, 0.2) is 5.11 Å². The summed E-state index contributed by atoms with van der Waals surface area (Å²) < 4.78 is 15.2. The molecule has 19 heavy (non-hydrogen) atoms. The molecule has 1 rings (SSSR count). The molecule has 1 aromatic rings. The van der Waals surface area contributed by atoms with Crippen molar-refractivity contribution in [1.82, 2.24) is 4.90 Å². The van der Waals surface area contributed by atoms with Gasteiger partial charge in [-0.05, 0) is 68.0 Å². The molecule has 0 atom stereocenters. The van der Waals surface area contributed by atoms with Crippen LogP contribution in [0.25, 0.3) is 0 Å². The van der Waals surface area contributed by atoms with Crippen LogP contribution in [0.2, 0.25) is 0 Å². The zero-order valence-electron chi connectivity index (χ0n) is 11.3. The fourth-order valence-electron chi connectivity index (χ4n) is 1.90. The first-order valence-corrected chi connectivity index (χ1v) is 7.97. The Balaban J connectivity index is 2.99. The Labute approximate surface area is 136 Å². The van der Waals surface area contributed by atoms with Gasteiger partial charge in [-0.15, -0.1) is 0 Å². The Morgan fingerprint density at radius 3 is 2.16 bits per heavy atom. The van der Waals surface area contributed by atoms with Crippen LogP contribution in [0, 0.1) is 5.82 Å². The number of nitrogens with one attached hydrogen (secondary N) is 1. The Morgan fingerprint density at radius 2 is 1.74 bits per heavy atom. The molecule has 0 heterocycles. The minimum Gasteiger partial charge on any atom is -0.344 e. The van der Waals surface area contributed by atoms with Crippen molar-refractivity contribution in [3.8, 4) is 0 Å². The lowest BCUT2D eigenvalue weighted by Gasteiger charge is -2.33. The molecule has 0 amide bonds. The maximum atomic E-state index is 13.9. The minimum atomic E-state index is -0.351. The van der Waals surface area contributed by atoms with Crippen molar-refractivity contribution in [2.24, 2.45) is 0 Å². The van der Waals surface area contributed by atoms with E-state index in [4.69, 9.17) is 12.2 Å². The summed E-state index contributed by atoms with van der Waals surface area (Å²) in [6.45, 7) is 8.23. The number of hydrogen-bond acceptors (Lipinski definition) is 1. The Morgan fingerprint density at radius 1 is 1.21 bits per heavy atom. The number of nitrogens with zero attached hydrogens (tertiary/aromatic N) is 1. The smallest absolute Gasteiger partial charge is 0.173 e. The number of anilines is 1. The summed E-state index contributed by atoms with van der Waals surface area (Å²) in [6, 6.07) is 3.68. The summed E-state index contributed by atoms with van der Waals surface area (Å²) in [5, 5.41) is 3.50. The maximum absolute atomic E-state index is 13.9. The molecule has 0 radical (unpaired) electrons. The average molecular weight is 412 g/mol. The number of rotatable bonds is 3. The zero-order chi connectivity index (χ0) is 14.7. The van der Waals surface area contributed by atoms with Crippen LogP contribution in [-0.4, -0.2) is 22.1 Å². The molecule has 2 nitrogen and oxygen atoms in total. The molecule has 1 aromatic carbocycles. The lowest BCUT2D eigenvalue weighted by molar-refractivity contribution is 0.296. The number of thiocarbonyl (C=S) groups is 1. The highest BCUT2D eigenvalue weighted by molar-refractivity contribution is 9.11. The molecule has 0 aliphatic heterocycles. The molecule has 0 fully saturated rings. The fourth-order valence-corrected chi connectivity index (χ4v) is 3.69. The molecule has 106 valence electrons.